The molecule has 2 amide bonds. The van der Waals surface area contributed by atoms with E-state index in [2.05, 4.69) is 15.9 Å². The molecule has 0 saturated carbocycles. The molecule has 0 bridgehead atoms. The van der Waals surface area contributed by atoms with Gasteiger partial charge in [0.25, 0.3) is 0 Å². The molecule has 8 heteroatoms. The summed E-state index contributed by atoms with van der Waals surface area (Å²) in [6, 6.07) is 19.1. The maximum atomic E-state index is 14.0. The molecule has 0 radical (unpaired) electrons. The Hall–Kier alpha value is -4.17. The van der Waals surface area contributed by atoms with Crippen LogP contribution >= 0.6 is 15.9 Å². The minimum Gasteiger partial charge on any atom is -0.359 e. The summed E-state index contributed by atoms with van der Waals surface area (Å²) in [7, 11) is 0. The van der Waals surface area contributed by atoms with Crippen LogP contribution in [0.2, 0.25) is 0 Å². The van der Waals surface area contributed by atoms with Gasteiger partial charge in [-0.25, -0.2) is 9.29 Å². The molecule has 4 atom stereocenters. The van der Waals surface area contributed by atoms with Crippen LogP contribution in [0, 0.1) is 17.7 Å². The second-order valence-corrected chi connectivity index (χ2v) is 10.3. The molecule has 0 unspecified atom stereocenters. The minimum atomic E-state index is -1.00. The van der Waals surface area contributed by atoms with Crippen molar-refractivity contribution >= 4 is 45.0 Å². The smallest absolute Gasteiger partial charge is 0.240 e. The number of ketones is 2. The van der Waals surface area contributed by atoms with Gasteiger partial charge in [-0.15, -0.1) is 0 Å². The van der Waals surface area contributed by atoms with Crippen LogP contribution < -0.4 is 4.90 Å². The summed E-state index contributed by atoms with van der Waals surface area (Å²) in [6.45, 7) is 0. The number of nitrogens with zero attached hydrogens (tertiary/aromatic N) is 2. The third kappa shape index (κ3) is 3.83. The first-order valence-electron chi connectivity index (χ1n) is 12.1. The molecule has 38 heavy (non-hydrogen) atoms. The van der Waals surface area contributed by atoms with E-state index >= 15 is 0 Å². The van der Waals surface area contributed by atoms with Gasteiger partial charge >= 0.3 is 0 Å². The first-order chi connectivity index (χ1) is 18.3. The van der Waals surface area contributed by atoms with Crippen molar-refractivity contribution in [2.75, 3.05) is 4.90 Å². The number of fused-ring (bicyclic) bond motifs is 3. The summed E-state index contributed by atoms with van der Waals surface area (Å²) in [4.78, 5) is 57.2. The third-order valence-electron chi connectivity index (χ3n) is 7.31. The molecule has 0 aromatic heterocycles. The van der Waals surface area contributed by atoms with Gasteiger partial charge in [-0.05, 0) is 36.4 Å². The third-order valence-corrected chi connectivity index (χ3v) is 7.84. The largest absolute Gasteiger partial charge is 0.359 e. The van der Waals surface area contributed by atoms with E-state index in [1.165, 1.54) is 18.2 Å². The SMILES string of the molecule is O=C(C1=C[C@@H]2[C@@H]3C(=O)N(c4cccc(F)c4)C(=O)[C@@H]3[C@@H](C(=O)c3ccc(Br)cc3)N2C=C1)c1ccccc1. The molecular formula is C30H20BrFN2O4. The predicted molar refractivity (Wildman–Crippen MR) is 142 cm³/mol. The number of rotatable bonds is 5. The lowest BCUT2D eigenvalue weighted by Gasteiger charge is -2.32. The molecule has 6 nitrogen and oxygen atoms in total. The highest BCUT2D eigenvalue weighted by molar-refractivity contribution is 9.10. The van der Waals surface area contributed by atoms with Gasteiger partial charge in [0.1, 0.15) is 11.9 Å². The maximum Gasteiger partial charge on any atom is 0.240 e. The zero-order valence-corrected chi connectivity index (χ0v) is 21.4. The van der Waals surface area contributed by atoms with Crippen molar-refractivity contribution in [2.45, 2.75) is 12.1 Å². The van der Waals surface area contributed by atoms with Crippen molar-refractivity contribution in [2.24, 2.45) is 11.8 Å². The predicted octanol–water partition coefficient (Wildman–Crippen LogP) is 4.97. The Kier molecular flexibility index (Phi) is 5.91. The van der Waals surface area contributed by atoms with Crippen LogP contribution in [-0.2, 0) is 9.59 Å². The van der Waals surface area contributed by atoms with Crippen LogP contribution in [0.4, 0.5) is 10.1 Å². The average Bonchev–Trinajstić information content (AvgIpc) is 3.40. The van der Waals surface area contributed by atoms with Crippen LogP contribution in [0.1, 0.15) is 20.7 Å². The number of amides is 2. The van der Waals surface area contributed by atoms with Crippen molar-refractivity contribution in [1.82, 2.24) is 4.90 Å². The van der Waals surface area contributed by atoms with E-state index in [4.69, 9.17) is 0 Å². The Bertz CT molecular complexity index is 1550. The highest BCUT2D eigenvalue weighted by atomic mass is 79.9. The normalized spacial score (nSPS) is 23.8. The lowest BCUT2D eigenvalue weighted by Crippen LogP contribution is -2.46. The number of hydrogen-bond donors (Lipinski definition) is 0. The summed E-state index contributed by atoms with van der Waals surface area (Å²) in [5, 5.41) is 0. The van der Waals surface area contributed by atoms with Crippen LogP contribution in [0.5, 0.6) is 0 Å². The van der Waals surface area contributed by atoms with E-state index in [0.29, 0.717) is 16.7 Å². The highest BCUT2D eigenvalue weighted by Crippen LogP contribution is 2.47. The summed E-state index contributed by atoms with van der Waals surface area (Å²) in [5.41, 5.74) is 1.37. The van der Waals surface area contributed by atoms with Crippen molar-refractivity contribution in [3.8, 4) is 0 Å². The van der Waals surface area contributed by atoms with Gasteiger partial charge in [0.15, 0.2) is 11.6 Å². The number of halogens is 2. The number of benzene rings is 3. The van der Waals surface area contributed by atoms with Gasteiger partial charge in [0.05, 0.1) is 23.6 Å². The standard InChI is InChI=1S/C30H20BrFN2O4/c31-20-11-9-18(10-12-20)28(36)26-25-24(29(37)34(30(25)38)22-8-4-7-21(32)16-22)23-15-19(13-14-33(23)26)27(35)17-5-2-1-3-6-17/h1-16,23-26H/t23-,24+,25+,26+/m1/s1. The van der Waals surface area contributed by atoms with Crippen LogP contribution in [0.25, 0.3) is 0 Å². The molecule has 6 rings (SSSR count). The molecule has 3 aromatic rings. The second-order valence-electron chi connectivity index (χ2n) is 9.43. The van der Waals surface area contributed by atoms with Gasteiger partial charge in [-0.2, -0.15) is 0 Å². The first kappa shape index (κ1) is 24.2. The lowest BCUT2D eigenvalue weighted by atomic mass is 9.85. The molecule has 188 valence electrons. The molecule has 0 N–H and O–H groups in total. The molecule has 2 fully saturated rings. The van der Waals surface area contributed by atoms with Gasteiger partial charge in [-0.3, -0.25) is 19.2 Å². The van der Waals surface area contributed by atoms with Crippen molar-refractivity contribution in [3.05, 3.63) is 124 Å². The molecule has 3 aromatic carbocycles. The van der Waals surface area contributed by atoms with E-state index in [1.54, 1.807) is 71.8 Å². The topological polar surface area (TPSA) is 74.8 Å². The quantitative estimate of drug-likeness (QED) is 0.320. The zero-order chi connectivity index (χ0) is 26.6. The van der Waals surface area contributed by atoms with Crippen LogP contribution in [-0.4, -0.2) is 40.4 Å². The van der Waals surface area contributed by atoms with Crippen molar-refractivity contribution < 1.29 is 23.6 Å². The van der Waals surface area contributed by atoms with Gasteiger partial charge in [0.2, 0.25) is 11.8 Å². The molecule has 0 aliphatic carbocycles. The highest BCUT2D eigenvalue weighted by Gasteiger charge is 2.63. The van der Waals surface area contributed by atoms with E-state index < -0.39 is 41.6 Å². The minimum absolute atomic E-state index is 0.117. The van der Waals surface area contributed by atoms with Gasteiger partial charge < -0.3 is 4.90 Å². The summed E-state index contributed by atoms with van der Waals surface area (Å²) < 4.78 is 14.8. The first-order valence-corrected chi connectivity index (χ1v) is 12.8. The fraction of sp³-hybridized carbons (Fsp3) is 0.133. The Morgan fingerprint density at radius 2 is 1.53 bits per heavy atom. The Balaban J connectivity index is 1.44. The van der Waals surface area contributed by atoms with E-state index in [1.807, 2.05) is 6.07 Å². The number of anilines is 1. The fourth-order valence-corrected chi connectivity index (χ4v) is 5.87. The molecule has 3 aliphatic heterocycles. The monoisotopic (exact) mass is 570 g/mol. The summed E-state index contributed by atoms with van der Waals surface area (Å²) >= 11 is 3.37. The van der Waals surface area contributed by atoms with E-state index in [-0.39, 0.29) is 17.3 Å². The zero-order valence-electron chi connectivity index (χ0n) is 19.8. The Morgan fingerprint density at radius 1 is 0.816 bits per heavy atom. The molecule has 2 saturated heterocycles. The van der Waals surface area contributed by atoms with Crippen molar-refractivity contribution in [3.63, 3.8) is 0 Å². The Labute approximate surface area is 226 Å². The number of carbonyl (C=O) groups excluding carboxylic acids is 4. The second kappa shape index (κ2) is 9.29. The average molecular weight is 571 g/mol. The molecule has 0 spiro atoms. The summed E-state index contributed by atoms with van der Waals surface area (Å²) in [5.74, 6) is -4.12. The van der Waals surface area contributed by atoms with E-state index in [9.17, 15) is 23.6 Å². The Morgan fingerprint density at radius 3 is 2.24 bits per heavy atom. The number of allylic oxidation sites excluding steroid dienone is 2. The maximum absolute atomic E-state index is 14.0. The van der Waals surface area contributed by atoms with Crippen molar-refractivity contribution in [1.29, 1.82) is 0 Å². The number of hydrogen-bond acceptors (Lipinski definition) is 5. The van der Waals surface area contributed by atoms with Gasteiger partial charge in [0, 0.05) is 27.4 Å². The number of Topliss-reactive ketones (excluding diaryl/α,β-unsaturated/α-hetero) is 2. The fourth-order valence-electron chi connectivity index (χ4n) is 5.61. The molecular weight excluding hydrogens is 551 g/mol. The molecule has 3 aliphatic rings. The van der Waals surface area contributed by atoms with Gasteiger partial charge in [-0.1, -0.05) is 70.5 Å². The lowest BCUT2D eigenvalue weighted by molar-refractivity contribution is -0.123. The number of carbonyl (C=O) groups is 4. The van der Waals surface area contributed by atoms with Crippen LogP contribution in [0.3, 0.4) is 0 Å². The van der Waals surface area contributed by atoms with Crippen LogP contribution in [0.15, 0.2) is 107 Å². The number of imide groups is 1. The summed E-state index contributed by atoms with van der Waals surface area (Å²) in [6.07, 6.45) is 4.92. The van der Waals surface area contributed by atoms with E-state index in [0.717, 1.165) is 15.4 Å². The molecule has 3 heterocycles.